The molecule has 2 nitrogen and oxygen atoms in total. The van der Waals surface area contributed by atoms with Gasteiger partial charge >= 0.3 is 12.3 Å². The van der Waals surface area contributed by atoms with Gasteiger partial charge in [0.15, 0.2) is 0 Å². The minimum absolute atomic E-state index is 0.236. The predicted molar refractivity (Wildman–Crippen MR) is 134 cm³/mol. The smallest absolute Gasteiger partial charge is 0.432 e. The summed E-state index contributed by atoms with van der Waals surface area (Å²) in [6, 6.07) is 14.1. The highest BCUT2D eigenvalue weighted by Gasteiger charge is 2.41. The average molecular weight is 566 g/mol. The number of hydrogen-bond donors (Lipinski definition) is 0. The van der Waals surface area contributed by atoms with E-state index < -0.39 is 46.6 Å². The van der Waals surface area contributed by atoms with E-state index >= 15 is 0 Å². The summed E-state index contributed by atoms with van der Waals surface area (Å²) in [5.74, 6) is -4.40. The topological polar surface area (TPSA) is 18.5 Å². The zero-order valence-electron chi connectivity index (χ0n) is 21.0. The maximum Gasteiger partial charge on any atom is 0.432 e. The molecule has 4 rings (SSSR count). The van der Waals surface area contributed by atoms with Crippen molar-refractivity contribution in [1.29, 1.82) is 0 Å². The zero-order valence-corrected chi connectivity index (χ0v) is 21.0. The second-order valence-electron chi connectivity index (χ2n) is 8.88. The second kappa shape index (κ2) is 11.6. The normalized spacial score (nSPS) is 11.9. The molecule has 0 aliphatic carbocycles. The van der Waals surface area contributed by atoms with Gasteiger partial charge in [-0.15, -0.1) is 0 Å². The molecular formula is C30H22F8O2. The Kier molecular flexibility index (Phi) is 8.37. The van der Waals surface area contributed by atoms with Crippen LogP contribution in [-0.4, -0.2) is 6.61 Å². The molecule has 0 saturated carbocycles. The van der Waals surface area contributed by atoms with Gasteiger partial charge < -0.3 is 9.47 Å². The van der Waals surface area contributed by atoms with Gasteiger partial charge in [-0.3, -0.25) is 0 Å². The number of halogens is 8. The third kappa shape index (κ3) is 6.55. The van der Waals surface area contributed by atoms with Gasteiger partial charge in [-0.25, -0.2) is 13.2 Å². The summed E-state index contributed by atoms with van der Waals surface area (Å²) in [7, 11) is 0. The summed E-state index contributed by atoms with van der Waals surface area (Å²) in [6.07, 6.45) is -7.41. The second-order valence-corrected chi connectivity index (χ2v) is 8.88. The van der Waals surface area contributed by atoms with Crippen LogP contribution in [-0.2, 0) is 12.3 Å². The highest BCUT2D eigenvalue weighted by molar-refractivity contribution is 5.71. The van der Waals surface area contributed by atoms with E-state index in [1.54, 1.807) is 24.3 Å². The van der Waals surface area contributed by atoms with Gasteiger partial charge in [-0.1, -0.05) is 37.6 Å². The fourth-order valence-electron chi connectivity index (χ4n) is 3.92. The van der Waals surface area contributed by atoms with Crippen molar-refractivity contribution in [2.75, 3.05) is 6.61 Å². The maximum atomic E-state index is 15.0. The van der Waals surface area contributed by atoms with E-state index in [0.717, 1.165) is 18.9 Å². The summed E-state index contributed by atoms with van der Waals surface area (Å²) < 4.78 is 122. The number of benzene rings is 4. The molecule has 0 bridgehead atoms. The van der Waals surface area contributed by atoms with Crippen molar-refractivity contribution in [3.63, 3.8) is 0 Å². The van der Waals surface area contributed by atoms with Crippen molar-refractivity contribution >= 4 is 0 Å². The van der Waals surface area contributed by atoms with Crippen LogP contribution < -0.4 is 9.47 Å². The summed E-state index contributed by atoms with van der Waals surface area (Å²) in [6.45, 7) is 2.61. The van der Waals surface area contributed by atoms with Crippen LogP contribution in [0.3, 0.4) is 0 Å². The Morgan fingerprint density at radius 3 is 1.73 bits per heavy atom. The van der Waals surface area contributed by atoms with Gasteiger partial charge in [0.25, 0.3) is 0 Å². The van der Waals surface area contributed by atoms with E-state index in [1.807, 2.05) is 6.92 Å². The fourth-order valence-corrected chi connectivity index (χ4v) is 3.92. The van der Waals surface area contributed by atoms with Crippen LogP contribution in [0.1, 0.15) is 30.9 Å². The first-order valence-electron chi connectivity index (χ1n) is 12.2. The third-order valence-corrected chi connectivity index (χ3v) is 6.00. The molecule has 0 unspecified atom stereocenters. The number of alkyl halides is 5. The Labute approximate surface area is 224 Å². The van der Waals surface area contributed by atoms with Crippen LogP contribution in [0.15, 0.2) is 78.9 Å². The molecule has 10 heteroatoms. The lowest BCUT2D eigenvalue weighted by Crippen LogP contribution is -2.25. The minimum atomic E-state index is -4.71. The van der Waals surface area contributed by atoms with E-state index in [0.29, 0.717) is 59.9 Å². The first-order valence-corrected chi connectivity index (χ1v) is 12.2. The van der Waals surface area contributed by atoms with Crippen molar-refractivity contribution in [2.24, 2.45) is 0 Å². The number of unbranched alkanes of at least 4 members (excludes halogenated alkanes) is 1. The van der Waals surface area contributed by atoms with Crippen LogP contribution in [0, 0.1) is 17.5 Å². The molecule has 0 radical (unpaired) electrons. The fraction of sp³-hybridized carbons (Fsp3) is 0.200. The van der Waals surface area contributed by atoms with E-state index in [4.69, 9.17) is 4.74 Å². The lowest BCUT2D eigenvalue weighted by Gasteiger charge is -2.20. The minimum Gasteiger partial charge on any atom is -0.494 e. The predicted octanol–water partition coefficient (Wildman–Crippen LogP) is 9.76. The van der Waals surface area contributed by atoms with Gasteiger partial charge in [-0.2, -0.15) is 22.0 Å². The largest absolute Gasteiger partial charge is 0.494 e. The molecule has 210 valence electrons. The molecule has 0 heterocycles. The Morgan fingerprint density at radius 2 is 1.18 bits per heavy atom. The Bertz CT molecular complexity index is 1440. The lowest BCUT2D eigenvalue weighted by molar-refractivity contribution is -0.189. The SMILES string of the molecule is CCCCOc1ccc(-c2ccc(-c3cc(F)c(C(F)(F)Oc4ccc(C(F)(F)F)cc4)c(F)c3)c(F)c2)cc1. The van der Waals surface area contributed by atoms with Crippen molar-refractivity contribution in [2.45, 2.75) is 32.1 Å². The summed E-state index contributed by atoms with van der Waals surface area (Å²) in [5.41, 5.74) is -2.34. The Hall–Kier alpha value is -4.08. The number of hydrogen-bond acceptors (Lipinski definition) is 2. The summed E-state index contributed by atoms with van der Waals surface area (Å²) in [4.78, 5) is 0. The van der Waals surface area contributed by atoms with Gasteiger partial charge in [0.05, 0.1) is 12.2 Å². The molecule has 0 aliphatic rings. The first kappa shape index (κ1) is 28.9. The third-order valence-electron chi connectivity index (χ3n) is 6.00. The van der Waals surface area contributed by atoms with E-state index in [-0.39, 0.29) is 11.1 Å². The molecule has 0 aliphatic heterocycles. The average Bonchev–Trinajstić information content (AvgIpc) is 2.88. The van der Waals surface area contributed by atoms with E-state index in [2.05, 4.69) is 4.74 Å². The van der Waals surface area contributed by atoms with E-state index in [1.165, 1.54) is 12.1 Å². The molecule has 0 N–H and O–H groups in total. The van der Waals surface area contributed by atoms with Crippen LogP contribution in [0.2, 0.25) is 0 Å². The Balaban J connectivity index is 1.55. The highest BCUT2D eigenvalue weighted by atomic mass is 19.4. The quantitative estimate of drug-likeness (QED) is 0.148. The summed E-state index contributed by atoms with van der Waals surface area (Å²) in [5, 5.41) is 0. The molecule has 4 aromatic rings. The number of ether oxygens (including phenoxy) is 2. The molecule has 0 amide bonds. The van der Waals surface area contributed by atoms with Crippen molar-refractivity contribution in [3.05, 3.63) is 107 Å². The van der Waals surface area contributed by atoms with Gasteiger partial charge in [0.1, 0.15) is 34.5 Å². The van der Waals surface area contributed by atoms with Crippen molar-refractivity contribution in [1.82, 2.24) is 0 Å². The first-order chi connectivity index (χ1) is 18.9. The molecule has 4 aromatic carbocycles. The molecule has 0 saturated heterocycles. The van der Waals surface area contributed by atoms with Gasteiger partial charge in [0, 0.05) is 5.56 Å². The van der Waals surface area contributed by atoms with Crippen LogP contribution >= 0.6 is 0 Å². The lowest BCUT2D eigenvalue weighted by atomic mass is 9.98. The van der Waals surface area contributed by atoms with Crippen molar-refractivity contribution < 1.29 is 44.6 Å². The van der Waals surface area contributed by atoms with Gasteiger partial charge in [-0.05, 0) is 77.7 Å². The van der Waals surface area contributed by atoms with Crippen molar-refractivity contribution in [3.8, 4) is 33.8 Å². The zero-order chi connectivity index (χ0) is 29.1. The van der Waals surface area contributed by atoms with Crippen LogP contribution in [0.4, 0.5) is 35.1 Å². The highest BCUT2D eigenvalue weighted by Crippen LogP contribution is 2.39. The van der Waals surface area contributed by atoms with Gasteiger partial charge in [0.2, 0.25) is 0 Å². The maximum absolute atomic E-state index is 15.0. The molecule has 0 fully saturated rings. The molecule has 40 heavy (non-hydrogen) atoms. The van der Waals surface area contributed by atoms with Crippen LogP contribution in [0.5, 0.6) is 11.5 Å². The number of rotatable bonds is 9. The monoisotopic (exact) mass is 566 g/mol. The molecular weight excluding hydrogens is 544 g/mol. The Morgan fingerprint density at radius 1 is 0.625 bits per heavy atom. The van der Waals surface area contributed by atoms with E-state index in [9.17, 15) is 35.1 Å². The molecule has 0 spiro atoms. The molecule has 0 aromatic heterocycles. The summed E-state index contributed by atoms with van der Waals surface area (Å²) >= 11 is 0. The standard InChI is InChI=1S/C30H22F8O2/c1-2-3-14-39-22-9-4-18(5-10-22)19-6-13-24(25(31)15-19)20-16-26(32)28(27(33)17-20)30(37,38)40-23-11-7-21(8-12-23)29(34,35)36/h4-13,15-17H,2-3,14H2,1H3. The van der Waals surface area contributed by atoms with Crippen LogP contribution in [0.25, 0.3) is 22.3 Å². The molecule has 0 atom stereocenters.